The molecule has 0 saturated heterocycles. The molecule has 6 aromatic rings. The predicted octanol–water partition coefficient (Wildman–Crippen LogP) is 11.6. The zero-order chi connectivity index (χ0) is 70.0. The van der Waals surface area contributed by atoms with Gasteiger partial charge in [-0.05, 0) is 108 Å². The van der Waals surface area contributed by atoms with E-state index in [-0.39, 0.29) is 129 Å². The average molecular weight is 1340 g/mol. The number of nitrogens with zero attached hydrogens (tertiary/aromatic N) is 2. The van der Waals surface area contributed by atoms with Crippen molar-refractivity contribution in [3.8, 4) is 33.4 Å². The minimum atomic E-state index is -1.09. The number of nitrogens with one attached hydrogen (secondary N) is 4. The Bertz CT molecular complexity index is 3520. The largest absolute Gasteiger partial charge is 1.00 e. The molecule has 3 aliphatic carbocycles. The maximum absolute atomic E-state index is 12.3. The third-order valence-electron chi connectivity index (χ3n) is 15.3. The van der Waals surface area contributed by atoms with Gasteiger partial charge in [-0.15, -0.1) is 0 Å². The molecule has 0 radical (unpaired) electrons. The number of amides is 5. The number of carbonyl (C=O) groups is 9. The highest BCUT2D eigenvalue weighted by molar-refractivity contribution is 5.84. The summed E-state index contributed by atoms with van der Waals surface area (Å²) in [7, 11) is 0. The standard InChI is InChI=1S/C26H32N2O5.C23H28N2O4.C22H24N2O5.C3H6O2.CH4/c1-5-23(29)28(16-24(30)33-26(2,3)4)15-14-27-25(31)32-17-22-20-12-8-6-10-18(20)19-11-7-9-13-21(19)22;1-23(2,3)29-21(26)14-24-12-13-25-22(27)28-15-20-18-10-6-4-8-16(18)17-9-5-7-11-19(17)20;1-2-20(25)24(13-21(26)27)12-11-23-22(28)29-14-19-17-9-5-3-7-15(17)16-8-4-6-10-18(16)19;1-2-3(4)5;/h6-13,22H,5,14-17H2,1-4H3,(H,27,31);4-11,20,24H,12-15H2,1-3H3,(H,25,27);3-10,19H,2,11-14H2,1H3,(H,23,28)(H,26,27);2H2,1H3,(H,4,5);1H4/p+1. The molecule has 97 heavy (non-hydrogen) atoms. The minimum Gasteiger partial charge on any atom is -0.481 e. The number of aliphatic carboxylic acids is 2. The summed E-state index contributed by atoms with van der Waals surface area (Å²) in [5, 5.41) is 27.5. The number of carboxylic acids is 2. The second-order valence-electron chi connectivity index (χ2n) is 24.6. The monoisotopic (exact) mass is 1340 g/mol. The van der Waals surface area contributed by atoms with Crippen LogP contribution in [0.2, 0.25) is 0 Å². The highest BCUT2D eigenvalue weighted by Crippen LogP contribution is 2.47. The zero-order valence-corrected chi connectivity index (χ0v) is 56.2. The number of esters is 2. The summed E-state index contributed by atoms with van der Waals surface area (Å²) in [5.41, 5.74) is 12.8. The molecule has 9 rings (SSSR count). The first kappa shape index (κ1) is 77.6. The lowest BCUT2D eigenvalue weighted by Crippen LogP contribution is -2.42. The SMILES string of the molecule is C.CC(C)(C)OC(=O)CNCCNC(=O)OCC1c2ccccc2-c2ccccc21.CCC(=O)N(CCNC(=O)OCC1c2ccccc2-c2ccccc21)CC(=O)O.CCC(=O)N(CCNC(=O)OCC1c2ccccc2-c2ccccc21)CC(=O)OC(C)(C)C.CCC(=O)O.[H+]. The van der Waals surface area contributed by atoms with Crippen molar-refractivity contribution in [2.24, 2.45) is 0 Å². The molecular formula is C75H95N6O16+. The number of carboxylic acid groups (broad SMARTS) is 2. The van der Waals surface area contributed by atoms with Crippen LogP contribution in [0.15, 0.2) is 146 Å². The zero-order valence-electron chi connectivity index (χ0n) is 57.2. The number of hydrogen-bond acceptors (Lipinski definition) is 15. The lowest BCUT2D eigenvalue weighted by molar-refractivity contribution is -0.159. The Morgan fingerprint density at radius 2 is 0.680 bits per heavy atom. The highest BCUT2D eigenvalue weighted by atomic mass is 16.6. The van der Waals surface area contributed by atoms with Crippen molar-refractivity contribution < 1.29 is 78.5 Å². The fraction of sp³-hybridized carbons (Fsp3) is 0.400. The fourth-order valence-corrected chi connectivity index (χ4v) is 11.1. The number of rotatable bonds is 24. The Morgan fingerprint density at radius 1 is 0.402 bits per heavy atom. The Hall–Kier alpha value is -10.1. The molecule has 0 fully saturated rings. The Labute approximate surface area is 570 Å². The van der Waals surface area contributed by atoms with E-state index >= 15 is 0 Å². The number of carbonyl (C=O) groups excluding carboxylic acids is 7. The predicted molar refractivity (Wildman–Crippen MR) is 371 cm³/mol. The number of benzene rings is 6. The van der Waals surface area contributed by atoms with Crippen LogP contribution in [0, 0.1) is 0 Å². The van der Waals surface area contributed by atoms with E-state index in [9.17, 15) is 43.2 Å². The van der Waals surface area contributed by atoms with Crippen molar-refractivity contribution in [1.29, 1.82) is 0 Å². The summed E-state index contributed by atoms with van der Waals surface area (Å²) in [6, 6.07) is 48.9. The van der Waals surface area contributed by atoms with Gasteiger partial charge in [0.15, 0.2) is 0 Å². The summed E-state index contributed by atoms with van der Waals surface area (Å²) in [6.45, 7) is 17.4. The van der Waals surface area contributed by atoms with E-state index in [1.165, 1.54) is 32.1 Å². The van der Waals surface area contributed by atoms with Crippen LogP contribution >= 0.6 is 0 Å². The molecule has 520 valence electrons. The van der Waals surface area contributed by atoms with Crippen molar-refractivity contribution in [3.05, 3.63) is 179 Å². The van der Waals surface area contributed by atoms with Crippen LogP contribution in [0.5, 0.6) is 0 Å². The van der Waals surface area contributed by atoms with Crippen molar-refractivity contribution >= 4 is 54.0 Å². The van der Waals surface area contributed by atoms with Crippen LogP contribution in [-0.4, -0.2) is 164 Å². The maximum atomic E-state index is 12.3. The van der Waals surface area contributed by atoms with Gasteiger partial charge in [0.2, 0.25) is 11.8 Å². The van der Waals surface area contributed by atoms with Gasteiger partial charge in [-0.2, -0.15) is 0 Å². The summed E-state index contributed by atoms with van der Waals surface area (Å²) in [6.07, 6.45) is -0.929. The van der Waals surface area contributed by atoms with Crippen LogP contribution in [0.1, 0.15) is 142 Å². The van der Waals surface area contributed by atoms with E-state index in [4.69, 9.17) is 33.9 Å². The fourth-order valence-electron chi connectivity index (χ4n) is 11.1. The van der Waals surface area contributed by atoms with Crippen LogP contribution in [0.4, 0.5) is 14.4 Å². The molecule has 0 aromatic heterocycles. The molecule has 0 unspecified atom stereocenters. The van der Waals surface area contributed by atoms with Crippen molar-refractivity contribution in [2.75, 3.05) is 78.7 Å². The van der Waals surface area contributed by atoms with Gasteiger partial charge in [-0.1, -0.05) is 174 Å². The molecule has 5 amide bonds. The Morgan fingerprint density at radius 3 is 0.959 bits per heavy atom. The normalized spacial score (nSPS) is 12.1. The second kappa shape index (κ2) is 37.9. The molecule has 0 atom stereocenters. The highest BCUT2D eigenvalue weighted by Gasteiger charge is 2.32. The van der Waals surface area contributed by atoms with E-state index in [1.807, 2.05) is 106 Å². The van der Waals surface area contributed by atoms with Gasteiger partial charge in [0.25, 0.3) is 0 Å². The Balaban J connectivity index is 0.000000299. The molecule has 0 heterocycles. The molecule has 0 spiro atoms. The third kappa shape index (κ3) is 24.0. The van der Waals surface area contributed by atoms with Gasteiger partial charge in [0.1, 0.15) is 44.1 Å². The van der Waals surface area contributed by atoms with Crippen LogP contribution < -0.4 is 21.3 Å². The average Bonchev–Trinajstić information content (AvgIpc) is 1.64. The van der Waals surface area contributed by atoms with E-state index in [0.717, 1.165) is 44.5 Å². The molecule has 22 nitrogen and oxygen atoms in total. The third-order valence-corrected chi connectivity index (χ3v) is 15.3. The van der Waals surface area contributed by atoms with Gasteiger partial charge < -0.3 is 65.0 Å². The lowest BCUT2D eigenvalue weighted by atomic mass is 9.98. The second-order valence-corrected chi connectivity index (χ2v) is 24.6. The number of hydrogen-bond donors (Lipinski definition) is 6. The van der Waals surface area contributed by atoms with E-state index in [1.54, 1.807) is 41.5 Å². The quantitative estimate of drug-likeness (QED) is 0.0186. The van der Waals surface area contributed by atoms with E-state index in [0.29, 0.717) is 13.1 Å². The molecule has 0 saturated carbocycles. The van der Waals surface area contributed by atoms with Crippen molar-refractivity contribution in [2.45, 2.75) is 118 Å². The molecule has 0 aliphatic heterocycles. The van der Waals surface area contributed by atoms with Gasteiger partial charge in [-0.3, -0.25) is 28.8 Å². The van der Waals surface area contributed by atoms with Crippen LogP contribution in [0.3, 0.4) is 0 Å². The van der Waals surface area contributed by atoms with Crippen LogP contribution in [0.25, 0.3) is 33.4 Å². The number of ether oxygens (including phenoxy) is 5. The first-order valence-corrected chi connectivity index (χ1v) is 32.2. The van der Waals surface area contributed by atoms with Gasteiger partial charge in [-0.25, -0.2) is 14.4 Å². The van der Waals surface area contributed by atoms with E-state index < -0.39 is 47.4 Å². The minimum absolute atomic E-state index is 0. The molecular weight excluding hydrogens is 1240 g/mol. The first-order valence-electron chi connectivity index (χ1n) is 32.2. The van der Waals surface area contributed by atoms with Crippen molar-refractivity contribution in [3.63, 3.8) is 0 Å². The number of alkyl carbamates (subject to hydrolysis) is 3. The molecule has 0 bridgehead atoms. The van der Waals surface area contributed by atoms with E-state index in [2.05, 4.69) is 81.9 Å². The maximum Gasteiger partial charge on any atom is 1.00 e. The Kier molecular flexibility index (Phi) is 30.3. The first-order chi connectivity index (χ1) is 45.8. The molecule has 6 N–H and O–H groups in total. The smallest absolute Gasteiger partial charge is 0.481 e. The van der Waals surface area contributed by atoms with Gasteiger partial charge in [0, 0.05) is 76.3 Å². The number of fused-ring (bicyclic) bond motifs is 9. The molecule has 3 aliphatic rings. The molecule has 22 heteroatoms. The summed E-state index contributed by atoms with van der Waals surface area (Å²) < 4.78 is 26.9. The summed E-state index contributed by atoms with van der Waals surface area (Å²) in [5.74, 6) is -3.11. The topological polar surface area (TPSA) is 295 Å². The summed E-state index contributed by atoms with van der Waals surface area (Å²) in [4.78, 5) is 107. The van der Waals surface area contributed by atoms with Crippen molar-refractivity contribution in [1.82, 2.24) is 31.1 Å². The molecule has 6 aromatic carbocycles. The van der Waals surface area contributed by atoms with Gasteiger partial charge in [0.05, 0.1) is 6.54 Å². The van der Waals surface area contributed by atoms with Crippen LogP contribution in [-0.2, 0) is 52.5 Å². The van der Waals surface area contributed by atoms with Gasteiger partial charge >= 0.3 is 43.6 Å². The summed E-state index contributed by atoms with van der Waals surface area (Å²) >= 11 is 0. The lowest BCUT2D eigenvalue weighted by Gasteiger charge is -2.25.